The fourth-order valence-corrected chi connectivity index (χ4v) is 6.18. The van der Waals surface area contributed by atoms with Crippen molar-refractivity contribution in [1.82, 2.24) is 39.5 Å². The third-order valence-corrected chi connectivity index (χ3v) is 7.72. The monoisotopic (exact) mass is 420 g/mol. The summed E-state index contributed by atoms with van der Waals surface area (Å²) >= 11 is 0. The summed E-state index contributed by atoms with van der Waals surface area (Å²) in [6.45, 7) is 2.76. The number of carbonyl (C=O) groups excluding carboxylic acids is 2. The predicted molar refractivity (Wildman–Crippen MR) is 110 cm³/mol. The van der Waals surface area contributed by atoms with E-state index >= 15 is 0 Å². The molecule has 0 spiro atoms. The number of rotatable bonds is 3. The number of amides is 2. The highest BCUT2D eigenvalue weighted by molar-refractivity contribution is 6.03. The second-order valence-electron chi connectivity index (χ2n) is 9.32. The molecule has 2 unspecified atom stereocenters. The van der Waals surface area contributed by atoms with Crippen LogP contribution in [0.2, 0.25) is 0 Å². The number of hydrogen-bond acceptors (Lipinski definition) is 6. The van der Waals surface area contributed by atoms with Crippen LogP contribution in [-0.4, -0.2) is 77.5 Å². The van der Waals surface area contributed by atoms with Crippen molar-refractivity contribution in [3.8, 4) is 0 Å². The van der Waals surface area contributed by atoms with E-state index in [1.165, 1.54) is 6.33 Å². The quantitative estimate of drug-likeness (QED) is 0.670. The van der Waals surface area contributed by atoms with E-state index in [4.69, 9.17) is 0 Å². The van der Waals surface area contributed by atoms with Gasteiger partial charge in [0, 0.05) is 50.3 Å². The Hall–Kier alpha value is -3.30. The van der Waals surface area contributed by atoms with Crippen molar-refractivity contribution in [2.75, 3.05) is 26.2 Å². The zero-order valence-electron chi connectivity index (χ0n) is 17.4. The third kappa shape index (κ3) is 2.56. The summed E-state index contributed by atoms with van der Waals surface area (Å²) in [6, 6.07) is 1.85. The molecule has 0 radical (unpaired) electrons. The van der Waals surface area contributed by atoms with Gasteiger partial charge in [-0.15, -0.1) is 10.2 Å². The Kier molecular flexibility index (Phi) is 3.78. The van der Waals surface area contributed by atoms with Gasteiger partial charge in [0.05, 0.1) is 11.8 Å². The van der Waals surface area contributed by atoms with Gasteiger partial charge in [0.15, 0.2) is 0 Å². The van der Waals surface area contributed by atoms with Crippen LogP contribution in [0.15, 0.2) is 24.9 Å². The zero-order valence-corrected chi connectivity index (χ0v) is 17.4. The summed E-state index contributed by atoms with van der Waals surface area (Å²) in [6.07, 6.45) is 8.35. The Labute approximate surface area is 178 Å². The molecule has 1 N–H and O–H groups in total. The Balaban J connectivity index is 1.24. The van der Waals surface area contributed by atoms with E-state index in [-0.39, 0.29) is 29.1 Å². The van der Waals surface area contributed by atoms with Crippen LogP contribution in [0.25, 0.3) is 11.0 Å². The topological polar surface area (TPSA) is 113 Å². The summed E-state index contributed by atoms with van der Waals surface area (Å²) in [5, 5.41) is 8.68. The maximum absolute atomic E-state index is 13.4. The minimum atomic E-state index is -0.0426. The number of nitrogens with one attached hydrogen (secondary N) is 1. The SMILES string of the molecule is Cn1cnnc1CC(=O)N1CC23CCCC2(C1)CN(C(=O)c1ncnc2[nH]ccc12)C3. The van der Waals surface area contributed by atoms with E-state index in [9.17, 15) is 9.59 Å². The molecule has 5 heterocycles. The fraction of sp³-hybridized carbons (Fsp3) is 0.524. The van der Waals surface area contributed by atoms with Crippen LogP contribution in [0.5, 0.6) is 0 Å². The summed E-state index contributed by atoms with van der Waals surface area (Å²) in [4.78, 5) is 41.9. The van der Waals surface area contributed by atoms with E-state index in [2.05, 4.69) is 25.1 Å². The van der Waals surface area contributed by atoms with Gasteiger partial charge in [-0.1, -0.05) is 6.42 Å². The van der Waals surface area contributed by atoms with Crippen LogP contribution in [0, 0.1) is 10.8 Å². The molecule has 3 fully saturated rings. The third-order valence-electron chi connectivity index (χ3n) is 7.72. The first-order chi connectivity index (χ1) is 15.0. The lowest BCUT2D eigenvalue weighted by molar-refractivity contribution is -0.130. The molecular weight excluding hydrogens is 396 g/mol. The number of fused-ring (bicyclic) bond motifs is 1. The Bertz CT molecular complexity index is 1180. The minimum Gasteiger partial charge on any atom is -0.346 e. The molecule has 2 aliphatic heterocycles. The molecule has 2 saturated heterocycles. The zero-order chi connectivity index (χ0) is 21.2. The largest absolute Gasteiger partial charge is 0.346 e. The summed E-state index contributed by atoms with van der Waals surface area (Å²) in [5.41, 5.74) is 1.08. The van der Waals surface area contributed by atoms with E-state index in [1.807, 2.05) is 22.9 Å². The van der Waals surface area contributed by atoms with Gasteiger partial charge in [-0.2, -0.15) is 0 Å². The molecule has 10 heteroatoms. The van der Waals surface area contributed by atoms with E-state index in [0.717, 1.165) is 24.6 Å². The Morgan fingerprint density at radius 2 is 1.84 bits per heavy atom. The molecule has 1 saturated carbocycles. The van der Waals surface area contributed by atoms with Crippen molar-refractivity contribution in [1.29, 1.82) is 0 Å². The average Bonchev–Trinajstić information content (AvgIpc) is 3.51. The first-order valence-electron chi connectivity index (χ1n) is 10.7. The van der Waals surface area contributed by atoms with Crippen LogP contribution in [0.3, 0.4) is 0 Å². The van der Waals surface area contributed by atoms with Crippen LogP contribution in [-0.2, 0) is 18.3 Å². The van der Waals surface area contributed by atoms with Gasteiger partial charge in [0.1, 0.15) is 29.8 Å². The number of carbonyl (C=O) groups is 2. The summed E-state index contributed by atoms with van der Waals surface area (Å²) < 4.78 is 1.79. The number of H-pyrrole nitrogens is 1. The van der Waals surface area contributed by atoms with Crippen LogP contribution < -0.4 is 0 Å². The van der Waals surface area contributed by atoms with Crippen LogP contribution in [0.4, 0.5) is 0 Å². The van der Waals surface area contributed by atoms with Crippen molar-refractivity contribution >= 4 is 22.8 Å². The highest BCUT2D eigenvalue weighted by Crippen LogP contribution is 2.62. The standard InChI is InChI=1S/C21H24N8O2/c1-27-13-25-26-15(27)7-16(30)28-8-20-4-2-5-21(20,9-28)11-29(10-20)19(31)17-14-3-6-22-18(14)24-12-23-17/h3,6,12-13H,2,4-5,7-11H2,1H3,(H,22,23,24). The highest BCUT2D eigenvalue weighted by atomic mass is 16.2. The number of aromatic amines is 1. The molecule has 1 aliphatic carbocycles. The van der Waals surface area contributed by atoms with E-state index < -0.39 is 0 Å². The number of nitrogens with zero attached hydrogens (tertiary/aromatic N) is 7. The molecular formula is C21H24N8O2. The van der Waals surface area contributed by atoms with Crippen molar-refractivity contribution < 1.29 is 9.59 Å². The molecule has 10 nitrogen and oxygen atoms in total. The fourth-order valence-electron chi connectivity index (χ4n) is 6.18. The molecule has 2 amide bonds. The summed E-state index contributed by atoms with van der Waals surface area (Å²) in [5.74, 6) is 0.728. The average molecular weight is 420 g/mol. The van der Waals surface area contributed by atoms with Gasteiger partial charge in [-0.05, 0) is 18.9 Å². The van der Waals surface area contributed by atoms with Gasteiger partial charge in [-0.3, -0.25) is 9.59 Å². The van der Waals surface area contributed by atoms with Crippen molar-refractivity contribution in [3.05, 3.63) is 36.4 Å². The van der Waals surface area contributed by atoms with E-state index in [1.54, 1.807) is 17.1 Å². The van der Waals surface area contributed by atoms with Gasteiger partial charge in [0.2, 0.25) is 5.91 Å². The second-order valence-corrected chi connectivity index (χ2v) is 9.32. The summed E-state index contributed by atoms with van der Waals surface area (Å²) in [7, 11) is 1.85. The number of hydrogen-bond donors (Lipinski definition) is 1. The predicted octanol–water partition coefficient (Wildman–Crippen LogP) is 0.784. The molecule has 31 heavy (non-hydrogen) atoms. The molecule has 3 aliphatic rings. The normalized spacial score (nSPS) is 27.1. The van der Waals surface area contributed by atoms with Crippen LogP contribution >= 0.6 is 0 Å². The lowest BCUT2D eigenvalue weighted by Gasteiger charge is -2.29. The highest BCUT2D eigenvalue weighted by Gasteiger charge is 2.66. The molecule has 3 aromatic rings. The van der Waals surface area contributed by atoms with Crippen molar-refractivity contribution in [2.45, 2.75) is 25.7 Å². The molecule has 3 aromatic heterocycles. The second kappa shape index (κ2) is 6.35. The number of aromatic nitrogens is 6. The first-order valence-corrected chi connectivity index (χ1v) is 10.7. The maximum Gasteiger partial charge on any atom is 0.273 e. The molecule has 0 aromatic carbocycles. The van der Waals surface area contributed by atoms with Gasteiger partial charge in [-0.25, -0.2) is 9.97 Å². The number of aryl methyl sites for hydroxylation is 1. The number of likely N-dealkylation sites (tertiary alicyclic amines) is 2. The maximum atomic E-state index is 13.4. The van der Waals surface area contributed by atoms with Crippen molar-refractivity contribution in [3.63, 3.8) is 0 Å². The lowest BCUT2D eigenvalue weighted by atomic mass is 9.71. The smallest absolute Gasteiger partial charge is 0.273 e. The van der Waals surface area contributed by atoms with Crippen molar-refractivity contribution in [2.24, 2.45) is 17.9 Å². The van der Waals surface area contributed by atoms with Gasteiger partial charge < -0.3 is 19.4 Å². The molecule has 0 bridgehead atoms. The molecule has 6 rings (SSSR count). The molecule has 2 atom stereocenters. The van der Waals surface area contributed by atoms with Gasteiger partial charge in [0.25, 0.3) is 5.91 Å². The van der Waals surface area contributed by atoms with E-state index in [0.29, 0.717) is 43.3 Å². The van der Waals surface area contributed by atoms with Gasteiger partial charge >= 0.3 is 0 Å². The lowest BCUT2D eigenvalue weighted by Crippen LogP contribution is -2.40. The minimum absolute atomic E-state index is 0.0253. The first kappa shape index (κ1) is 18.5. The van der Waals surface area contributed by atoms with Crippen LogP contribution in [0.1, 0.15) is 35.6 Å². The molecule has 160 valence electrons. The Morgan fingerprint density at radius 1 is 1.10 bits per heavy atom. The Morgan fingerprint density at radius 3 is 2.55 bits per heavy atom.